The minimum absolute atomic E-state index is 0.128. The monoisotopic (exact) mass is 274 g/mol. The Morgan fingerprint density at radius 1 is 1.25 bits per heavy atom. The number of ketones is 1. The Kier molecular flexibility index (Phi) is 4.08. The van der Waals surface area contributed by atoms with E-state index in [4.69, 9.17) is 0 Å². The number of rotatable bonds is 4. The molecule has 2 rings (SSSR count). The first kappa shape index (κ1) is 14.1. The quantitative estimate of drug-likeness (QED) is 0.804. The molecule has 5 heteroatoms. The maximum atomic E-state index is 12.8. The summed E-state index contributed by atoms with van der Waals surface area (Å²) in [5.41, 5.74) is 0.938. The van der Waals surface area contributed by atoms with Crippen molar-refractivity contribution in [1.82, 2.24) is 9.55 Å². The predicted octanol–water partition coefficient (Wildman–Crippen LogP) is 2.27. The second-order valence-corrected chi connectivity index (χ2v) is 4.61. The van der Waals surface area contributed by atoms with Gasteiger partial charge in [0.05, 0.1) is 0 Å². The van der Waals surface area contributed by atoms with Gasteiger partial charge in [-0.1, -0.05) is 0 Å². The second-order valence-electron chi connectivity index (χ2n) is 4.61. The van der Waals surface area contributed by atoms with Crippen molar-refractivity contribution in [3.63, 3.8) is 0 Å². The van der Waals surface area contributed by atoms with Crippen LogP contribution in [0.15, 0.2) is 35.1 Å². The van der Waals surface area contributed by atoms with Crippen molar-refractivity contribution in [2.24, 2.45) is 0 Å². The smallest absolute Gasteiger partial charge is 0.253 e. The molecule has 0 radical (unpaired) electrons. The minimum atomic E-state index is -0.378. The number of hydrogen-bond donors (Lipinski definition) is 0. The van der Waals surface area contributed by atoms with Gasteiger partial charge in [0.15, 0.2) is 5.78 Å². The lowest BCUT2D eigenvalue weighted by Crippen LogP contribution is -2.24. The molecule has 0 unspecified atom stereocenters. The molecular weight excluding hydrogens is 259 g/mol. The fourth-order valence-electron chi connectivity index (χ4n) is 2.03. The number of hydrogen-bond acceptors (Lipinski definition) is 3. The highest BCUT2D eigenvalue weighted by Gasteiger charge is 2.09. The fraction of sp³-hybridized carbons (Fsp3) is 0.267. The molecular formula is C15H15FN2O2. The number of carbonyl (C=O) groups is 1. The Morgan fingerprint density at radius 2 is 1.90 bits per heavy atom. The maximum Gasteiger partial charge on any atom is 0.253 e. The molecule has 1 aromatic carbocycles. The van der Waals surface area contributed by atoms with Crippen molar-refractivity contribution >= 4 is 5.78 Å². The van der Waals surface area contributed by atoms with Crippen LogP contribution in [0.1, 0.15) is 28.3 Å². The SMILES string of the molecule is Cc1cc(=O)n(CCC(=O)c2ccc(F)cc2)c(C)n1. The van der Waals surface area contributed by atoms with Crippen LogP contribution in [-0.4, -0.2) is 15.3 Å². The van der Waals surface area contributed by atoms with Gasteiger partial charge in [0, 0.05) is 30.3 Å². The molecule has 0 saturated carbocycles. The van der Waals surface area contributed by atoms with Crippen LogP contribution in [0.5, 0.6) is 0 Å². The highest BCUT2D eigenvalue weighted by molar-refractivity contribution is 5.95. The summed E-state index contributed by atoms with van der Waals surface area (Å²) in [7, 11) is 0. The van der Waals surface area contributed by atoms with Gasteiger partial charge in [-0.15, -0.1) is 0 Å². The summed E-state index contributed by atoms with van der Waals surface area (Å²) in [6, 6.07) is 6.83. The highest BCUT2D eigenvalue weighted by Crippen LogP contribution is 2.07. The lowest BCUT2D eigenvalue weighted by molar-refractivity contribution is 0.0976. The lowest BCUT2D eigenvalue weighted by Gasteiger charge is -2.09. The van der Waals surface area contributed by atoms with Gasteiger partial charge in [-0.2, -0.15) is 0 Å². The van der Waals surface area contributed by atoms with Crippen molar-refractivity contribution in [3.8, 4) is 0 Å². The van der Waals surface area contributed by atoms with Crippen LogP contribution in [0.25, 0.3) is 0 Å². The largest absolute Gasteiger partial charge is 0.296 e. The Balaban J connectivity index is 2.11. The molecule has 104 valence electrons. The van der Waals surface area contributed by atoms with E-state index in [1.54, 1.807) is 13.8 Å². The summed E-state index contributed by atoms with van der Waals surface area (Å²) in [6.07, 6.45) is 0.178. The lowest BCUT2D eigenvalue weighted by atomic mass is 10.1. The summed E-state index contributed by atoms with van der Waals surface area (Å²) in [5.74, 6) is 0.0788. The number of Topliss-reactive ketones (excluding diaryl/α,β-unsaturated/α-hetero) is 1. The van der Waals surface area contributed by atoms with Crippen LogP contribution in [0.2, 0.25) is 0 Å². The summed E-state index contributed by atoms with van der Waals surface area (Å²) in [5, 5.41) is 0. The number of carbonyl (C=O) groups excluding carboxylic acids is 1. The number of aromatic nitrogens is 2. The van der Waals surface area contributed by atoms with Crippen LogP contribution in [0, 0.1) is 19.7 Å². The Hall–Kier alpha value is -2.30. The molecule has 0 aliphatic carbocycles. The third-order valence-electron chi connectivity index (χ3n) is 3.06. The van der Waals surface area contributed by atoms with Gasteiger partial charge >= 0.3 is 0 Å². The molecule has 0 fully saturated rings. The van der Waals surface area contributed by atoms with Crippen LogP contribution in [0.3, 0.4) is 0 Å². The van der Waals surface area contributed by atoms with Crippen molar-refractivity contribution < 1.29 is 9.18 Å². The number of benzene rings is 1. The van der Waals surface area contributed by atoms with Crippen LogP contribution in [0.4, 0.5) is 4.39 Å². The van der Waals surface area contributed by atoms with Crippen molar-refractivity contribution in [2.75, 3.05) is 0 Å². The van der Waals surface area contributed by atoms with Gasteiger partial charge in [0.1, 0.15) is 11.6 Å². The van der Waals surface area contributed by atoms with E-state index in [1.165, 1.54) is 34.9 Å². The Bertz CT molecular complexity index is 690. The van der Waals surface area contributed by atoms with Crippen molar-refractivity contribution in [3.05, 3.63) is 63.6 Å². The molecule has 2 aromatic rings. The van der Waals surface area contributed by atoms with E-state index in [9.17, 15) is 14.0 Å². The molecule has 0 saturated heterocycles. The molecule has 0 N–H and O–H groups in total. The topological polar surface area (TPSA) is 52.0 Å². The summed E-state index contributed by atoms with van der Waals surface area (Å²) < 4.78 is 14.2. The first-order chi connectivity index (χ1) is 9.47. The number of halogens is 1. The van der Waals surface area contributed by atoms with E-state index in [0.717, 1.165) is 0 Å². The standard InChI is InChI=1S/C15H15FN2O2/c1-10-9-15(20)18(11(2)17-10)8-7-14(19)12-3-5-13(16)6-4-12/h3-6,9H,7-8H2,1-2H3. The third-order valence-corrected chi connectivity index (χ3v) is 3.06. The van der Waals surface area contributed by atoms with E-state index in [0.29, 0.717) is 17.1 Å². The molecule has 0 aliphatic heterocycles. The second kappa shape index (κ2) is 5.77. The number of aryl methyl sites for hydroxylation is 2. The van der Waals surface area contributed by atoms with E-state index in [-0.39, 0.29) is 30.1 Å². The van der Waals surface area contributed by atoms with E-state index < -0.39 is 0 Å². The average Bonchev–Trinajstić information content (AvgIpc) is 2.38. The van der Waals surface area contributed by atoms with Gasteiger partial charge in [-0.3, -0.25) is 14.2 Å². The normalized spacial score (nSPS) is 10.6. The zero-order valence-electron chi connectivity index (χ0n) is 11.4. The highest BCUT2D eigenvalue weighted by atomic mass is 19.1. The molecule has 0 aliphatic rings. The first-order valence-corrected chi connectivity index (χ1v) is 6.31. The zero-order valence-corrected chi connectivity index (χ0v) is 11.4. The van der Waals surface area contributed by atoms with Crippen LogP contribution in [-0.2, 0) is 6.54 Å². The summed E-state index contributed by atoms with van der Waals surface area (Å²) >= 11 is 0. The molecule has 0 bridgehead atoms. The molecule has 0 spiro atoms. The Labute approximate surface area is 115 Å². The maximum absolute atomic E-state index is 12.8. The minimum Gasteiger partial charge on any atom is -0.296 e. The van der Waals surface area contributed by atoms with Gasteiger partial charge in [-0.05, 0) is 38.1 Å². The van der Waals surface area contributed by atoms with Crippen LogP contribution < -0.4 is 5.56 Å². The average molecular weight is 274 g/mol. The van der Waals surface area contributed by atoms with Gasteiger partial charge in [0.25, 0.3) is 5.56 Å². The molecule has 1 aromatic heterocycles. The van der Waals surface area contributed by atoms with Gasteiger partial charge in [0.2, 0.25) is 0 Å². The van der Waals surface area contributed by atoms with Crippen LogP contribution >= 0.6 is 0 Å². The van der Waals surface area contributed by atoms with E-state index >= 15 is 0 Å². The Morgan fingerprint density at radius 3 is 2.50 bits per heavy atom. The van der Waals surface area contributed by atoms with E-state index in [2.05, 4.69) is 4.98 Å². The predicted molar refractivity (Wildman–Crippen MR) is 73.3 cm³/mol. The zero-order chi connectivity index (χ0) is 14.7. The summed E-state index contributed by atoms with van der Waals surface area (Å²) in [6.45, 7) is 3.76. The fourth-order valence-corrected chi connectivity index (χ4v) is 2.03. The van der Waals surface area contributed by atoms with Crippen molar-refractivity contribution in [1.29, 1.82) is 0 Å². The summed E-state index contributed by atoms with van der Waals surface area (Å²) in [4.78, 5) is 28.0. The first-order valence-electron chi connectivity index (χ1n) is 6.31. The number of nitrogens with zero attached hydrogens (tertiary/aromatic N) is 2. The van der Waals surface area contributed by atoms with E-state index in [1.807, 2.05) is 0 Å². The molecule has 4 nitrogen and oxygen atoms in total. The molecule has 20 heavy (non-hydrogen) atoms. The third kappa shape index (κ3) is 3.17. The van der Waals surface area contributed by atoms with Gasteiger partial charge < -0.3 is 0 Å². The van der Waals surface area contributed by atoms with Gasteiger partial charge in [-0.25, -0.2) is 9.37 Å². The molecule has 1 heterocycles. The van der Waals surface area contributed by atoms with Crippen molar-refractivity contribution in [2.45, 2.75) is 26.8 Å². The molecule has 0 amide bonds. The molecule has 0 atom stereocenters.